The molecular formula is C26H25F3N4O7. The van der Waals surface area contributed by atoms with Gasteiger partial charge in [-0.2, -0.15) is 13.2 Å². The van der Waals surface area contributed by atoms with Crippen molar-refractivity contribution < 1.29 is 46.6 Å². The van der Waals surface area contributed by atoms with Gasteiger partial charge < -0.3 is 23.8 Å². The fourth-order valence-electron chi connectivity index (χ4n) is 3.81. The Labute approximate surface area is 225 Å². The lowest BCUT2D eigenvalue weighted by atomic mass is 10.0. The molecule has 3 aromatic heterocycles. The van der Waals surface area contributed by atoms with Crippen LogP contribution in [0.5, 0.6) is 11.6 Å². The topological polar surface area (TPSA) is 138 Å². The highest BCUT2D eigenvalue weighted by Crippen LogP contribution is 2.37. The van der Waals surface area contributed by atoms with E-state index in [-0.39, 0.29) is 49.0 Å². The zero-order chi connectivity index (χ0) is 28.7. The third-order valence-corrected chi connectivity index (χ3v) is 5.73. The normalized spacial score (nSPS) is 11.5. The molecule has 0 aliphatic carbocycles. The molecule has 4 rings (SSSR count). The molecule has 4 aromatic rings. The molecule has 0 bridgehead atoms. The van der Waals surface area contributed by atoms with Crippen LogP contribution in [0.2, 0.25) is 0 Å². The quantitative estimate of drug-likeness (QED) is 0.192. The summed E-state index contributed by atoms with van der Waals surface area (Å²) in [6, 6.07) is 4.71. The smallest absolute Gasteiger partial charge is 0.437 e. The zero-order valence-electron chi connectivity index (χ0n) is 21.3. The van der Waals surface area contributed by atoms with Gasteiger partial charge in [-0.05, 0) is 36.6 Å². The van der Waals surface area contributed by atoms with Crippen LogP contribution in [0.25, 0.3) is 16.9 Å². The van der Waals surface area contributed by atoms with E-state index in [0.717, 1.165) is 6.26 Å². The first-order valence-electron chi connectivity index (χ1n) is 12.3. The van der Waals surface area contributed by atoms with Gasteiger partial charge in [0.1, 0.15) is 12.0 Å². The van der Waals surface area contributed by atoms with E-state index in [4.69, 9.17) is 19.3 Å². The molecule has 212 valence electrons. The number of hydrogen-bond acceptors (Lipinski definition) is 10. The number of imidazole rings is 1. The summed E-state index contributed by atoms with van der Waals surface area (Å²) >= 11 is 0. The van der Waals surface area contributed by atoms with Crippen molar-refractivity contribution in [1.29, 1.82) is 0 Å². The summed E-state index contributed by atoms with van der Waals surface area (Å²) < 4.78 is 62.1. The van der Waals surface area contributed by atoms with Crippen molar-refractivity contribution in [3.63, 3.8) is 0 Å². The number of carbonyl (C=O) groups is 2. The average Bonchev–Trinajstić information content (AvgIpc) is 3.59. The first-order chi connectivity index (χ1) is 19.2. The Morgan fingerprint density at radius 2 is 1.93 bits per heavy atom. The average molecular weight is 563 g/mol. The summed E-state index contributed by atoms with van der Waals surface area (Å²) in [7, 11) is 0. The molecule has 0 fully saturated rings. The SMILES string of the molecule is CCc1cc(Oc2nccn3c(-c4conc4C(F)(F)F)cnc23)ccc1C(=O)OCCCOC(=O)CCCO. The molecule has 0 saturated heterocycles. The number of rotatable bonds is 12. The summed E-state index contributed by atoms with van der Waals surface area (Å²) in [5.41, 5.74) is -0.256. The van der Waals surface area contributed by atoms with Gasteiger partial charge in [0.05, 0.1) is 36.2 Å². The number of esters is 2. The van der Waals surface area contributed by atoms with Gasteiger partial charge in [0, 0.05) is 31.8 Å². The fraction of sp³-hybridized carbons (Fsp3) is 0.346. The molecule has 0 amide bonds. The number of aliphatic hydroxyl groups excluding tert-OH is 1. The summed E-state index contributed by atoms with van der Waals surface area (Å²) in [6.07, 6.45) is 1.44. The molecule has 0 aliphatic rings. The molecule has 0 unspecified atom stereocenters. The van der Waals surface area contributed by atoms with Crippen LogP contribution >= 0.6 is 0 Å². The molecule has 40 heavy (non-hydrogen) atoms. The monoisotopic (exact) mass is 562 g/mol. The van der Waals surface area contributed by atoms with Crippen molar-refractivity contribution in [2.75, 3.05) is 19.8 Å². The van der Waals surface area contributed by atoms with E-state index in [0.29, 0.717) is 36.1 Å². The van der Waals surface area contributed by atoms with Gasteiger partial charge in [-0.1, -0.05) is 12.1 Å². The maximum Gasteiger partial charge on any atom is 0.437 e. The predicted octanol–water partition coefficient (Wildman–Crippen LogP) is 4.62. The van der Waals surface area contributed by atoms with Gasteiger partial charge in [-0.3, -0.25) is 9.20 Å². The van der Waals surface area contributed by atoms with Gasteiger partial charge in [0.25, 0.3) is 5.88 Å². The van der Waals surface area contributed by atoms with Crippen LogP contribution in [0.3, 0.4) is 0 Å². The number of carbonyl (C=O) groups excluding carboxylic acids is 2. The number of ether oxygens (including phenoxy) is 3. The van der Waals surface area contributed by atoms with E-state index in [1.54, 1.807) is 6.07 Å². The van der Waals surface area contributed by atoms with Crippen LogP contribution in [0.4, 0.5) is 13.2 Å². The maximum absolute atomic E-state index is 13.3. The van der Waals surface area contributed by atoms with Gasteiger partial charge in [0.2, 0.25) is 5.65 Å². The number of aliphatic hydroxyl groups is 1. The van der Waals surface area contributed by atoms with E-state index < -0.39 is 23.8 Å². The Morgan fingerprint density at radius 3 is 2.67 bits per heavy atom. The number of benzene rings is 1. The number of nitrogens with zero attached hydrogens (tertiary/aromatic N) is 4. The second kappa shape index (κ2) is 12.6. The van der Waals surface area contributed by atoms with Crippen molar-refractivity contribution in [2.24, 2.45) is 0 Å². The lowest BCUT2D eigenvalue weighted by molar-refractivity contribution is -0.144. The fourth-order valence-corrected chi connectivity index (χ4v) is 3.81. The number of aryl methyl sites for hydroxylation is 1. The summed E-state index contributed by atoms with van der Waals surface area (Å²) in [4.78, 5) is 32.4. The minimum absolute atomic E-state index is 0.0321. The van der Waals surface area contributed by atoms with Crippen LogP contribution in [-0.4, -0.2) is 56.4 Å². The molecule has 0 saturated carbocycles. The predicted molar refractivity (Wildman–Crippen MR) is 132 cm³/mol. The number of fused-ring (bicyclic) bond motifs is 1. The highest BCUT2D eigenvalue weighted by atomic mass is 19.4. The first kappa shape index (κ1) is 28.5. The maximum atomic E-state index is 13.3. The van der Waals surface area contributed by atoms with Crippen molar-refractivity contribution in [3.8, 4) is 22.9 Å². The van der Waals surface area contributed by atoms with Crippen LogP contribution < -0.4 is 4.74 Å². The highest BCUT2D eigenvalue weighted by Gasteiger charge is 2.38. The van der Waals surface area contributed by atoms with Crippen LogP contribution in [0.1, 0.15) is 47.8 Å². The Kier molecular flexibility index (Phi) is 8.99. The molecular weight excluding hydrogens is 537 g/mol. The van der Waals surface area contributed by atoms with E-state index in [1.165, 1.54) is 35.1 Å². The second-order valence-corrected chi connectivity index (χ2v) is 8.46. The zero-order valence-corrected chi connectivity index (χ0v) is 21.3. The third-order valence-electron chi connectivity index (χ3n) is 5.73. The number of aromatic nitrogens is 4. The van der Waals surface area contributed by atoms with E-state index >= 15 is 0 Å². The Bertz CT molecular complexity index is 1480. The lowest BCUT2D eigenvalue weighted by Crippen LogP contribution is -2.12. The van der Waals surface area contributed by atoms with Crippen LogP contribution in [-0.2, 0) is 26.9 Å². The number of halogens is 3. The molecule has 1 N–H and O–H groups in total. The van der Waals surface area contributed by atoms with Crippen molar-refractivity contribution in [3.05, 3.63) is 59.9 Å². The molecule has 3 heterocycles. The molecule has 14 heteroatoms. The van der Waals surface area contributed by atoms with Crippen molar-refractivity contribution in [1.82, 2.24) is 19.5 Å². The molecule has 0 atom stereocenters. The van der Waals surface area contributed by atoms with Gasteiger partial charge in [-0.25, -0.2) is 14.8 Å². The number of alkyl halides is 3. The lowest BCUT2D eigenvalue weighted by Gasteiger charge is -2.12. The largest absolute Gasteiger partial charge is 0.466 e. The highest BCUT2D eigenvalue weighted by molar-refractivity contribution is 5.91. The molecule has 11 nitrogen and oxygen atoms in total. The third kappa shape index (κ3) is 6.57. The minimum atomic E-state index is -4.72. The van der Waals surface area contributed by atoms with Crippen LogP contribution in [0, 0.1) is 0 Å². The Morgan fingerprint density at radius 1 is 1.12 bits per heavy atom. The summed E-state index contributed by atoms with van der Waals surface area (Å²) in [5.74, 6) is -0.619. The summed E-state index contributed by atoms with van der Waals surface area (Å²) in [6.45, 7) is 1.89. The number of hydrogen-bond donors (Lipinski definition) is 1. The van der Waals surface area contributed by atoms with Crippen molar-refractivity contribution >= 4 is 17.6 Å². The molecule has 0 spiro atoms. The van der Waals surface area contributed by atoms with Gasteiger partial charge >= 0.3 is 18.1 Å². The van der Waals surface area contributed by atoms with Crippen LogP contribution in [0.15, 0.2) is 47.6 Å². The first-order valence-corrected chi connectivity index (χ1v) is 12.3. The standard InChI is InChI=1S/C26H25F3N4O7/c1-2-16-13-17(6-7-18(16)25(36)38-12-4-11-37-21(35)5-3-10-34)40-24-23-31-14-20(33(23)9-8-30-24)19-15-39-32-22(19)26(27,28)29/h6-9,13-15,34H,2-5,10-12H2,1H3. The second-order valence-electron chi connectivity index (χ2n) is 8.46. The molecule has 1 aromatic carbocycles. The van der Waals surface area contributed by atoms with Crippen molar-refractivity contribution in [2.45, 2.75) is 38.8 Å². The summed E-state index contributed by atoms with van der Waals surface area (Å²) in [5, 5.41) is 11.8. The van der Waals surface area contributed by atoms with E-state index in [9.17, 15) is 22.8 Å². The van der Waals surface area contributed by atoms with E-state index in [2.05, 4.69) is 19.6 Å². The van der Waals surface area contributed by atoms with Gasteiger partial charge in [0.15, 0.2) is 5.69 Å². The molecule has 0 aliphatic heterocycles. The minimum Gasteiger partial charge on any atom is -0.466 e. The Hall–Kier alpha value is -4.46. The van der Waals surface area contributed by atoms with E-state index in [1.807, 2.05) is 6.92 Å². The molecule has 0 radical (unpaired) electrons. The van der Waals surface area contributed by atoms with Gasteiger partial charge in [-0.15, -0.1) is 0 Å². The Balaban J connectivity index is 1.44.